The topological polar surface area (TPSA) is 76.6 Å². The number of amides is 1. The molecule has 1 unspecified atom stereocenters. The Labute approximate surface area is 153 Å². The predicted molar refractivity (Wildman–Crippen MR) is 101 cm³/mol. The van der Waals surface area contributed by atoms with Gasteiger partial charge in [0.15, 0.2) is 5.82 Å². The van der Waals surface area contributed by atoms with Crippen molar-refractivity contribution in [1.82, 2.24) is 15.3 Å². The lowest BCUT2D eigenvalue weighted by Crippen LogP contribution is -2.42. The van der Waals surface area contributed by atoms with Crippen LogP contribution in [-0.2, 0) is 4.74 Å². The van der Waals surface area contributed by atoms with Crippen LogP contribution in [0.25, 0.3) is 11.0 Å². The molecule has 1 atom stereocenters. The first kappa shape index (κ1) is 18.2. The summed E-state index contributed by atoms with van der Waals surface area (Å²) in [6.45, 7) is 6.90. The molecule has 7 heteroatoms. The molecule has 1 aromatic carbocycles. The Morgan fingerprint density at radius 1 is 1.27 bits per heavy atom. The minimum atomic E-state index is -0.507. The average molecular weight is 358 g/mol. The zero-order valence-corrected chi connectivity index (χ0v) is 15.8. The van der Waals surface area contributed by atoms with E-state index in [1.807, 2.05) is 45.0 Å². The summed E-state index contributed by atoms with van der Waals surface area (Å²) >= 11 is 0. The molecular weight excluding hydrogens is 332 g/mol. The van der Waals surface area contributed by atoms with Gasteiger partial charge in [0.25, 0.3) is 5.88 Å². The predicted octanol–water partition coefficient (Wildman–Crippen LogP) is 3.13. The molecule has 7 nitrogen and oxygen atoms in total. The van der Waals surface area contributed by atoms with Crippen molar-refractivity contribution < 1.29 is 14.3 Å². The number of rotatable bonds is 4. The van der Waals surface area contributed by atoms with Crippen LogP contribution in [0.1, 0.15) is 33.6 Å². The van der Waals surface area contributed by atoms with Gasteiger partial charge < -0.3 is 19.7 Å². The van der Waals surface area contributed by atoms with E-state index in [1.54, 1.807) is 7.11 Å². The third kappa shape index (κ3) is 4.15. The van der Waals surface area contributed by atoms with Gasteiger partial charge in [0, 0.05) is 19.1 Å². The SMILES string of the molecule is COc1nc2ccccc2nc1N1CCCC1CNC(=O)OC(C)(C)C. The fraction of sp³-hybridized carbons (Fsp3) is 0.526. The van der Waals surface area contributed by atoms with Crippen LogP contribution in [0.15, 0.2) is 24.3 Å². The highest BCUT2D eigenvalue weighted by Gasteiger charge is 2.30. The van der Waals surface area contributed by atoms with E-state index in [0.717, 1.165) is 36.2 Å². The number of benzene rings is 1. The maximum Gasteiger partial charge on any atom is 0.407 e. The van der Waals surface area contributed by atoms with Crippen LogP contribution in [0.3, 0.4) is 0 Å². The number of anilines is 1. The first-order chi connectivity index (χ1) is 12.4. The van der Waals surface area contributed by atoms with Crippen LogP contribution < -0.4 is 15.0 Å². The summed E-state index contributed by atoms with van der Waals surface area (Å²) in [5.41, 5.74) is 1.12. The Balaban J connectivity index is 1.77. The standard InChI is InChI=1S/C19H26N4O3/c1-19(2,3)26-18(24)20-12-13-8-7-11-23(13)16-17(25-4)22-15-10-6-5-9-14(15)21-16/h5-6,9-10,13H,7-8,11-12H2,1-4H3,(H,20,24). The lowest BCUT2D eigenvalue weighted by atomic mass is 10.2. The van der Waals surface area contributed by atoms with Gasteiger partial charge >= 0.3 is 6.09 Å². The molecule has 1 aromatic heterocycles. The van der Waals surface area contributed by atoms with Gasteiger partial charge in [-0.25, -0.2) is 14.8 Å². The van der Waals surface area contributed by atoms with Crippen molar-refractivity contribution in [2.45, 2.75) is 45.3 Å². The summed E-state index contributed by atoms with van der Waals surface area (Å²) in [6, 6.07) is 7.86. The van der Waals surface area contributed by atoms with E-state index in [1.165, 1.54) is 0 Å². The number of aromatic nitrogens is 2. The van der Waals surface area contributed by atoms with Gasteiger partial charge in [-0.3, -0.25) is 0 Å². The molecule has 2 heterocycles. The molecule has 26 heavy (non-hydrogen) atoms. The van der Waals surface area contributed by atoms with Crippen molar-refractivity contribution in [3.05, 3.63) is 24.3 Å². The maximum atomic E-state index is 12.0. The van der Waals surface area contributed by atoms with Gasteiger partial charge in [-0.15, -0.1) is 0 Å². The summed E-state index contributed by atoms with van der Waals surface area (Å²) in [5.74, 6) is 1.23. The number of carbonyl (C=O) groups excluding carboxylic acids is 1. The van der Waals surface area contributed by atoms with E-state index in [0.29, 0.717) is 12.4 Å². The molecule has 1 aliphatic heterocycles. The number of methoxy groups -OCH3 is 1. The monoisotopic (exact) mass is 358 g/mol. The molecule has 0 saturated carbocycles. The fourth-order valence-electron chi connectivity index (χ4n) is 3.14. The van der Waals surface area contributed by atoms with Crippen LogP contribution in [0.2, 0.25) is 0 Å². The number of ether oxygens (including phenoxy) is 2. The fourth-order valence-corrected chi connectivity index (χ4v) is 3.14. The Hall–Kier alpha value is -2.57. The van der Waals surface area contributed by atoms with Crippen LogP contribution in [0, 0.1) is 0 Å². The molecule has 0 bridgehead atoms. The molecule has 1 amide bonds. The summed E-state index contributed by atoms with van der Waals surface area (Å²) in [6.07, 6.45) is 1.59. The van der Waals surface area contributed by atoms with Gasteiger partial charge in [-0.05, 0) is 45.7 Å². The zero-order valence-electron chi connectivity index (χ0n) is 15.8. The smallest absolute Gasteiger partial charge is 0.407 e. The average Bonchev–Trinajstić information content (AvgIpc) is 3.05. The minimum absolute atomic E-state index is 0.131. The van der Waals surface area contributed by atoms with E-state index in [-0.39, 0.29) is 6.04 Å². The molecule has 1 fully saturated rings. The Bertz CT molecular complexity index is 788. The molecule has 2 aromatic rings. The highest BCUT2D eigenvalue weighted by Crippen LogP contribution is 2.32. The van der Waals surface area contributed by atoms with Crippen LogP contribution in [0.5, 0.6) is 5.88 Å². The van der Waals surface area contributed by atoms with Crippen LogP contribution in [0.4, 0.5) is 10.6 Å². The molecule has 0 radical (unpaired) electrons. The van der Waals surface area contributed by atoms with Crippen LogP contribution in [-0.4, -0.2) is 47.9 Å². The van der Waals surface area contributed by atoms with Crippen molar-refractivity contribution in [3.8, 4) is 5.88 Å². The van der Waals surface area contributed by atoms with E-state index < -0.39 is 11.7 Å². The van der Waals surface area contributed by atoms with Gasteiger partial charge in [0.05, 0.1) is 18.1 Å². The van der Waals surface area contributed by atoms with Gasteiger partial charge in [-0.2, -0.15) is 0 Å². The molecule has 140 valence electrons. The summed E-state index contributed by atoms with van der Waals surface area (Å²) < 4.78 is 10.8. The van der Waals surface area contributed by atoms with E-state index in [4.69, 9.17) is 14.5 Å². The first-order valence-electron chi connectivity index (χ1n) is 8.91. The molecule has 3 rings (SSSR count). The van der Waals surface area contributed by atoms with Crippen molar-refractivity contribution in [3.63, 3.8) is 0 Å². The Morgan fingerprint density at radius 3 is 2.62 bits per heavy atom. The molecule has 1 aliphatic rings. The summed E-state index contributed by atoms with van der Waals surface area (Å²) in [7, 11) is 1.60. The molecular formula is C19H26N4O3. The number of para-hydroxylation sites is 2. The maximum absolute atomic E-state index is 12.0. The highest BCUT2D eigenvalue weighted by atomic mass is 16.6. The molecule has 1 N–H and O–H groups in total. The van der Waals surface area contributed by atoms with Crippen molar-refractivity contribution in [2.75, 3.05) is 25.1 Å². The van der Waals surface area contributed by atoms with Crippen LogP contribution >= 0.6 is 0 Å². The molecule has 1 saturated heterocycles. The zero-order chi connectivity index (χ0) is 18.7. The molecule has 0 spiro atoms. The lowest BCUT2D eigenvalue weighted by Gasteiger charge is -2.27. The highest BCUT2D eigenvalue weighted by molar-refractivity contribution is 5.77. The van der Waals surface area contributed by atoms with E-state index >= 15 is 0 Å². The Kier molecular flexibility index (Phi) is 5.15. The van der Waals surface area contributed by atoms with Crippen molar-refractivity contribution >= 4 is 22.9 Å². The van der Waals surface area contributed by atoms with Gasteiger partial charge in [0.2, 0.25) is 0 Å². The number of carbonyl (C=O) groups is 1. The molecule has 0 aliphatic carbocycles. The summed E-state index contributed by atoms with van der Waals surface area (Å²) in [5, 5.41) is 2.86. The Morgan fingerprint density at radius 2 is 1.96 bits per heavy atom. The van der Waals surface area contributed by atoms with Crippen molar-refractivity contribution in [2.24, 2.45) is 0 Å². The second-order valence-electron chi connectivity index (χ2n) is 7.42. The van der Waals surface area contributed by atoms with Gasteiger partial charge in [0.1, 0.15) is 5.60 Å². The number of alkyl carbamates (subject to hydrolysis) is 1. The quantitative estimate of drug-likeness (QED) is 0.905. The number of nitrogens with zero attached hydrogens (tertiary/aromatic N) is 3. The third-order valence-corrected chi connectivity index (χ3v) is 4.24. The normalized spacial score (nSPS) is 17.4. The van der Waals surface area contributed by atoms with Crippen molar-refractivity contribution in [1.29, 1.82) is 0 Å². The van der Waals surface area contributed by atoms with E-state index in [2.05, 4.69) is 15.2 Å². The minimum Gasteiger partial charge on any atom is -0.478 e. The lowest BCUT2D eigenvalue weighted by molar-refractivity contribution is 0.0525. The number of hydrogen-bond donors (Lipinski definition) is 1. The first-order valence-corrected chi connectivity index (χ1v) is 8.91. The number of fused-ring (bicyclic) bond motifs is 1. The third-order valence-electron chi connectivity index (χ3n) is 4.24. The summed E-state index contributed by atoms with van der Waals surface area (Å²) in [4.78, 5) is 23.5. The van der Waals surface area contributed by atoms with Gasteiger partial charge in [-0.1, -0.05) is 12.1 Å². The largest absolute Gasteiger partial charge is 0.478 e. The number of hydrogen-bond acceptors (Lipinski definition) is 6. The second-order valence-corrected chi connectivity index (χ2v) is 7.42. The number of nitrogens with one attached hydrogen (secondary N) is 1. The second kappa shape index (κ2) is 7.35. The van der Waals surface area contributed by atoms with E-state index in [9.17, 15) is 4.79 Å².